The van der Waals surface area contributed by atoms with Crippen LogP contribution >= 0.6 is 0 Å². The molecule has 2 rings (SSSR count). The van der Waals surface area contributed by atoms with Gasteiger partial charge < -0.3 is 9.47 Å². The highest BCUT2D eigenvalue weighted by molar-refractivity contribution is 5.75. The molecule has 0 amide bonds. The molecule has 40 heavy (non-hydrogen) atoms. The van der Waals surface area contributed by atoms with Gasteiger partial charge in [-0.1, -0.05) is 83.0 Å². The quantitative estimate of drug-likeness (QED) is 0.195. The Labute approximate surface area is 246 Å². The predicted octanol–water partition coefficient (Wildman–Crippen LogP) is 10.6. The van der Waals surface area contributed by atoms with Crippen LogP contribution in [0.4, 0.5) is 0 Å². The minimum absolute atomic E-state index is 0.117. The molecule has 0 saturated carbocycles. The van der Waals surface area contributed by atoms with Crippen molar-refractivity contribution >= 4 is 5.97 Å². The van der Waals surface area contributed by atoms with Gasteiger partial charge in [-0.2, -0.15) is 0 Å². The van der Waals surface area contributed by atoms with Crippen LogP contribution in [0.2, 0.25) is 0 Å². The molecule has 0 aliphatic rings. The Bertz CT molecular complexity index is 984. The summed E-state index contributed by atoms with van der Waals surface area (Å²) in [6, 6.07) is 19.9. The lowest BCUT2D eigenvalue weighted by Crippen LogP contribution is -2.27. The molecule has 0 radical (unpaired) electrons. The number of carbonyl (C=O) groups excluding carboxylic acids is 1. The Morgan fingerprint density at radius 2 is 1.23 bits per heavy atom. The number of hydrogen-bond donors (Lipinski definition) is 0. The molecule has 0 aromatic heterocycles. The zero-order valence-corrected chi connectivity index (χ0v) is 27.3. The van der Waals surface area contributed by atoms with E-state index in [4.69, 9.17) is 9.47 Å². The van der Waals surface area contributed by atoms with E-state index in [0.29, 0.717) is 29.6 Å². The fourth-order valence-electron chi connectivity index (χ4n) is 6.20. The van der Waals surface area contributed by atoms with Gasteiger partial charge >= 0.3 is 5.97 Å². The van der Waals surface area contributed by atoms with Gasteiger partial charge in [0, 0.05) is 0 Å². The summed E-state index contributed by atoms with van der Waals surface area (Å²) in [5, 5.41) is 0. The Morgan fingerprint density at radius 1 is 0.700 bits per heavy atom. The molecule has 224 valence electrons. The summed E-state index contributed by atoms with van der Waals surface area (Å²) >= 11 is 0. The van der Waals surface area contributed by atoms with Gasteiger partial charge in [0.25, 0.3) is 0 Å². The highest BCUT2D eigenvalue weighted by Crippen LogP contribution is 2.37. The van der Waals surface area contributed by atoms with Gasteiger partial charge in [0.1, 0.15) is 11.4 Å². The van der Waals surface area contributed by atoms with Gasteiger partial charge in [-0.15, -0.1) is 0 Å². The van der Waals surface area contributed by atoms with E-state index in [0.717, 1.165) is 25.0 Å². The number of esters is 1. The average molecular weight is 551 g/mol. The molecule has 2 aromatic carbocycles. The second-order valence-corrected chi connectivity index (χ2v) is 14.4. The summed E-state index contributed by atoms with van der Waals surface area (Å²) in [5.41, 5.74) is 2.22. The van der Waals surface area contributed by atoms with E-state index in [1.54, 1.807) is 0 Å². The number of methoxy groups -OCH3 is 1. The van der Waals surface area contributed by atoms with Crippen molar-refractivity contribution in [3.05, 3.63) is 65.7 Å². The van der Waals surface area contributed by atoms with Gasteiger partial charge in [0.2, 0.25) is 0 Å². The molecule has 0 saturated heterocycles. The van der Waals surface area contributed by atoms with Gasteiger partial charge in [0.05, 0.1) is 12.5 Å². The van der Waals surface area contributed by atoms with Crippen LogP contribution in [0.15, 0.2) is 54.6 Å². The highest BCUT2D eigenvalue weighted by Gasteiger charge is 2.31. The average Bonchev–Trinajstić information content (AvgIpc) is 2.88. The molecular formula is C37H58O3. The van der Waals surface area contributed by atoms with Crippen LogP contribution < -0.4 is 4.74 Å². The van der Waals surface area contributed by atoms with Gasteiger partial charge in [-0.05, 0) is 120 Å². The molecule has 0 aliphatic heterocycles. The van der Waals surface area contributed by atoms with Crippen LogP contribution in [0.3, 0.4) is 0 Å². The smallest absolute Gasteiger partial charge is 0.311 e. The first kappa shape index (κ1) is 33.9. The number of rotatable bonds is 16. The number of ether oxygens (including phenoxy) is 2. The Morgan fingerprint density at radius 3 is 1.75 bits per heavy atom. The molecule has 3 nitrogen and oxygen atoms in total. The van der Waals surface area contributed by atoms with E-state index < -0.39 is 5.41 Å². The number of carbonyl (C=O) groups is 1. The fourth-order valence-corrected chi connectivity index (χ4v) is 6.20. The monoisotopic (exact) mass is 550 g/mol. The molecular weight excluding hydrogens is 492 g/mol. The second kappa shape index (κ2) is 15.6. The maximum absolute atomic E-state index is 12.3. The van der Waals surface area contributed by atoms with Crippen molar-refractivity contribution in [1.29, 1.82) is 0 Å². The Balaban J connectivity index is 2.13. The zero-order chi connectivity index (χ0) is 29.9. The van der Waals surface area contributed by atoms with Gasteiger partial charge in [-0.25, -0.2) is 0 Å². The lowest BCUT2D eigenvalue weighted by Gasteiger charge is -2.28. The van der Waals surface area contributed by atoms with Gasteiger partial charge in [0.15, 0.2) is 0 Å². The van der Waals surface area contributed by atoms with Crippen molar-refractivity contribution in [3.63, 3.8) is 0 Å². The Hall–Kier alpha value is -2.29. The summed E-state index contributed by atoms with van der Waals surface area (Å²) in [6.07, 6.45) is 7.94. The predicted molar refractivity (Wildman–Crippen MR) is 170 cm³/mol. The maximum atomic E-state index is 12.3. The number of hydrogen-bond acceptors (Lipinski definition) is 3. The minimum Gasteiger partial charge on any atom is -0.488 e. The standard InChI is InChI=1S/C37H58O3/c1-27(2)24-32(30-14-12-11-13-15-30)18-16-28(3)25-33(19-17-29(4)26-37(8,9)35(38)39-10)31-20-22-34(23-21-31)40-36(5,6)7/h11-15,20-23,27-29,32-33H,16-19,24-26H2,1-10H3. The third kappa shape index (κ3) is 12.1. The first-order valence-electron chi connectivity index (χ1n) is 15.6. The summed E-state index contributed by atoms with van der Waals surface area (Å²) in [4.78, 5) is 12.3. The maximum Gasteiger partial charge on any atom is 0.311 e. The summed E-state index contributed by atoms with van der Waals surface area (Å²) in [6.45, 7) is 19.7. The molecule has 0 fully saturated rings. The lowest BCUT2D eigenvalue weighted by atomic mass is 9.78. The van der Waals surface area contributed by atoms with Crippen molar-refractivity contribution < 1.29 is 14.3 Å². The van der Waals surface area contributed by atoms with Crippen LogP contribution in [-0.4, -0.2) is 18.7 Å². The molecule has 0 heterocycles. The first-order valence-corrected chi connectivity index (χ1v) is 15.6. The third-order valence-electron chi connectivity index (χ3n) is 8.10. The SMILES string of the molecule is COC(=O)C(C)(C)CC(C)CCC(CC(C)CCC(CC(C)C)c1ccccc1)c1ccc(OC(C)(C)C)cc1. The molecule has 0 aliphatic carbocycles. The molecule has 0 bridgehead atoms. The van der Waals surface area contributed by atoms with Crippen LogP contribution in [0.25, 0.3) is 0 Å². The molecule has 4 atom stereocenters. The van der Waals surface area contributed by atoms with Crippen LogP contribution in [0.5, 0.6) is 5.75 Å². The normalized spacial score (nSPS) is 15.4. The van der Waals surface area contributed by atoms with E-state index in [1.807, 2.05) is 13.8 Å². The summed E-state index contributed by atoms with van der Waals surface area (Å²) in [7, 11) is 1.49. The molecule has 2 aromatic rings. The molecule has 4 unspecified atom stereocenters. The van der Waals surface area contributed by atoms with Crippen molar-refractivity contribution in [1.82, 2.24) is 0 Å². The molecule has 0 spiro atoms. The van der Waals surface area contributed by atoms with Crippen LogP contribution in [0, 0.1) is 23.2 Å². The zero-order valence-electron chi connectivity index (χ0n) is 27.3. The summed E-state index contributed by atoms with van der Waals surface area (Å²) in [5.74, 6) is 3.69. The van der Waals surface area contributed by atoms with Crippen molar-refractivity contribution in [2.24, 2.45) is 23.2 Å². The number of benzene rings is 2. The van der Waals surface area contributed by atoms with Gasteiger partial charge in [-0.3, -0.25) is 4.79 Å². The van der Waals surface area contributed by atoms with Crippen molar-refractivity contribution in [3.8, 4) is 5.75 Å². The molecule has 3 heteroatoms. The van der Waals surface area contributed by atoms with E-state index in [9.17, 15) is 4.79 Å². The topological polar surface area (TPSA) is 35.5 Å². The van der Waals surface area contributed by atoms with E-state index >= 15 is 0 Å². The van der Waals surface area contributed by atoms with Crippen molar-refractivity contribution in [2.75, 3.05) is 7.11 Å². The van der Waals surface area contributed by atoms with E-state index in [2.05, 4.69) is 103 Å². The second-order valence-electron chi connectivity index (χ2n) is 14.4. The third-order valence-corrected chi connectivity index (χ3v) is 8.10. The molecule has 0 N–H and O–H groups in total. The van der Waals surface area contributed by atoms with E-state index in [1.165, 1.54) is 43.9 Å². The highest BCUT2D eigenvalue weighted by atomic mass is 16.5. The largest absolute Gasteiger partial charge is 0.488 e. The fraction of sp³-hybridized carbons (Fsp3) is 0.649. The minimum atomic E-state index is -0.453. The van der Waals surface area contributed by atoms with Crippen molar-refractivity contribution in [2.45, 2.75) is 125 Å². The van der Waals surface area contributed by atoms with Crippen LogP contribution in [0.1, 0.15) is 130 Å². The van der Waals surface area contributed by atoms with Crippen LogP contribution in [-0.2, 0) is 9.53 Å². The lowest BCUT2D eigenvalue weighted by molar-refractivity contribution is -0.151. The summed E-state index contributed by atoms with van der Waals surface area (Å²) < 4.78 is 11.2. The first-order chi connectivity index (χ1) is 18.7. The van der Waals surface area contributed by atoms with E-state index in [-0.39, 0.29) is 11.6 Å². The Kier molecular flexibility index (Phi) is 13.3.